The summed E-state index contributed by atoms with van der Waals surface area (Å²) in [7, 11) is 1.59. The van der Waals surface area contributed by atoms with Crippen LogP contribution in [0.1, 0.15) is 11.1 Å². The van der Waals surface area contributed by atoms with Gasteiger partial charge in [-0.05, 0) is 41.5 Å². The van der Waals surface area contributed by atoms with Crippen LogP contribution in [0.2, 0.25) is 0 Å². The molecule has 0 atom stereocenters. The van der Waals surface area contributed by atoms with E-state index in [1.165, 1.54) is 0 Å². The number of carbonyl (C=O) groups excluding carboxylic acids is 1. The Morgan fingerprint density at radius 3 is 1.92 bits per heavy atom. The van der Waals surface area contributed by atoms with E-state index >= 15 is 0 Å². The Balaban J connectivity index is 1.91. The molecular weight excluding hydrogens is 312 g/mol. The van der Waals surface area contributed by atoms with Crippen molar-refractivity contribution in [3.05, 3.63) is 96.1 Å². The number of methoxy groups -OCH3 is 1. The van der Waals surface area contributed by atoms with Crippen LogP contribution in [0.3, 0.4) is 0 Å². The smallest absolute Gasteiger partial charge is 0.344 e. The quantitative estimate of drug-likeness (QED) is 0.291. The summed E-state index contributed by atoms with van der Waals surface area (Å²) in [5.74, 6) is 0.781. The first-order chi connectivity index (χ1) is 12.3. The molecule has 0 saturated heterocycles. The molecule has 0 fully saturated rings. The minimum Gasteiger partial charge on any atom is -0.497 e. The molecule has 0 aliphatic heterocycles. The van der Waals surface area contributed by atoms with E-state index in [1.54, 1.807) is 31.4 Å². The van der Waals surface area contributed by atoms with Crippen molar-refractivity contribution >= 4 is 17.6 Å². The van der Waals surface area contributed by atoms with Crippen LogP contribution in [-0.4, -0.2) is 13.1 Å². The maximum absolute atomic E-state index is 12.8. The molecule has 0 aromatic heterocycles. The van der Waals surface area contributed by atoms with Gasteiger partial charge in [-0.2, -0.15) is 0 Å². The van der Waals surface area contributed by atoms with Crippen LogP contribution in [0.15, 0.2) is 84.9 Å². The van der Waals surface area contributed by atoms with Gasteiger partial charge in [-0.25, -0.2) is 4.79 Å². The Morgan fingerprint density at radius 2 is 1.32 bits per heavy atom. The van der Waals surface area contributed by atoms with Gasteiger partial charge in [0.2, 0.25) is 0 Å². The van der Waals surface area contributed by atoms with E-state index < -0.39 is 5.97 Å². The molecule has 3 nitrogen and oxygen atoms in total. The maximum atomic E-state index is 12.8. The molecule has 0 radical (unpaired) electrons. The van der Waals surface area contributed by atoms with Crippen LogP contribution >= 0.6 is 0 Å². The highest BCUT2D eigenvalue weighted by Crippen LogP contribution is 2.23. The Labute approximate surface area is 147 Å². The molecule has 0 heterocycles. The standard InChI is InChI=1S/C22H18O3/c1-24-19-12-14-20(15-13-19)25-22(23)21(18-10-6-3-7-11-18)16-17-8-4-2-5-9-17/h2-16H,1H3/b21-16+. The monoisotopic (exact) mass is 330 g/mol. The second kappa shape index (κ2) is 7.97. The molecule has 3 heteroatoms. The van der Waals surface area contributed by atoms with Gasteiger partial charge in [0.15, 0.2) is 0 Å². The predicted octanol–water partition coefficient (Wildman–Crippen LogP) is 4.84. The van der Waals surface area contributed by atoms with Crippen LogP contribution in [0.5, 0.6) is 11.5 Å². The molecule has 3 aromatic carbocycles. The van der Waals surface area contributed by atoms with Gasteiger partial charge < -0.3 is 9.47 Å². The van der Waals surface area contributed by atoms with Crippen molar-refractivity contribution in [3.8, 4) is 11.5 Å². The Morgan fingerprint density at radius 1 is 0.760 bits per heavy atom. The lowest BCUT2D eigenvalue weighted by Gasteiger charge is -2.09. The van der Waals surface area contributed by atoms with E-state index in [9.17, 15) is 4.79 Å². The SMILES string of the molecule is COc1ccc(OC(=O)/C(=C/c2ccccc2)c2ccccc2)cc1. The molecule has 0 aliphatic carbocycles. The summed E-state index contributed by atoms with van der Waals surface area (Å²) in [6, 6.07) is 26.1. The topological polar surface area (TPSA) is 35.5 Å². The largest absolute Gasteiger partial charge is 0.497 e. The fourth-order valence-corrected chi connectivity index (χ4v) is 2.40. The average Bonchev–Trinajstić information content (AvgIpc) is 2.68. The number of benzene rings is 3. The molecule has 25 heavy (non-hydrogen) atoms. The first-order valence-electron chi connectivity index (χ1n) is 7.94. The third-order valence-corrected chi connectivity index (χ3v) is 3.69. The molecule has 0 unspecified atom stereocenters. The second-order valence-corrected chi connectivity index (χ2v) is 5.40. The second-order valence-electron chi connectivity index (χ2n) is 5.40. The number of carbonyl (C=O) groups is 1. The van der Waals surface area contributed by atoms with E-state index in [2.05, 4.69) is 0 Å². The normalized spacial score (nSPS) is 11.0. The number of hydrogen-bond donors (Lipinski definition) is 0. The average molecular weight is 330 g/mol. The van der Waals surface area contributed by atoms with Crippen LogP contribution in [-0.2, 0) is 4.79 Å². The summed E-state index contributed by atoms with van der Waals surface area (Å²) < 4.78 is 10.7. The van der Waals surface area contributed by atoms with E-state index in [0.717, 1.165) is 11.1 Å². The van der Waals surface area contributed by atoms with Crippen LogP contribution in [0.4, 0.5) is 0 Å². The summed E-state index contributed by atoms with van der Waals surface area (Å²) in [6.07, 6.45) is 1.83. The van der Waals surface area contributed by atoms with Gasteiger partial charge >= 0.3 is 5.97 Å². The molecule has 3 rings (SSSR count). The highest BCUT2D eigenvalue weighted by molar-refractivity contribution is 6.22. The molecule has 0 bridgehead atoms. The number of ether oxygens (including phenoxy) is 2. The fraction of sp³-hybridized carbons (Fsp3) is 0.0455. The minimum absolute atomic E-state index is 0.403. The molecule has 3 aromatic rings. The highest BCUT2D eigenvalue weighted by Gasteiger charge is 2.14. The molecule has 0 saturated carbocycles. The van der Waals surface area contributed by atoms with E-state index in [4.69, 9.17) is 9.47 Å². The number of hydrogen-bond acceptors (Lipinski definition) is 3. The lowest BCUT2D eigenvalue weighted by Crippen LogP contribution is -2.10. The van der Waals surface area contributed by atoms with Gasteiger partial charge in [-0.3, -0.25) is 0 Å². The van der Waals surface area contributed by atoms with Crippen molar-refractivity contribution in [2.75, 3.05) is 7.11 Å². The van der Waals surface area contributed by atoms with Crippen LogP contribution in [0.25, 0.3) is 11.6 Å². The van der Waals surface area contributed by atoms with Gasteiger partial charge in [-0.15, -0.1) is 0 Å². The summed E-state index contributed by atoms with van der Waals surface area (Å²) in [4.78, 5) is 12.8. The lowest BCUT2D eigenvalue weighted by atomic mass is 10.0. The van der Waals surface area contributed by atoms with Crippen molar-refractivity contribution in [3.63, 3.8) is 0 Å². The van der Waals surface area contributed by atoms with Gasteiger partial charge in [0.1, 0.15) is 11.5 Å². The zero-order valence-corrected chi connectivity index (χ0v) is 13.9. The van der Waals surface area contributed by atoms with Gasteiger partial charge in [0.05, 0.1) is 12.7 Å². The molecule has 0 amide bonds. The number of rotatable bonds is 5. The van der Waals surface area contributed by atoms with Crippen molar-refractivity contribution in [2.45, 2.75) is 0 Å². The Hall–Kier alpha value is -3.33. The van der Waals surface area contributed by atoms with E-state index in [-0.39, 0.29) is 0 Å². The number of esters is 1. The highest BCUT2D eigenvalue weighted by atomic mass is 16.5. The fourth-order valence-electron chi connectivity index (χ4n) is 2.40. The summed E-state index contributed by atoms with van der Waals surface area (Å²) >= 11 is 0. The molecule has 0 spiro atoms. The third kappa shape index (κ3) is 4.36. The van der Waals surface area contributed by atoms with Crippen molar-refractivity contribution in [1.29, 1.82) is 0 Å². The molecule has 0 aliphatic rings. The van der Waals surface area contributed by atoms with Gasteiger partial charge in [0, 0.05) is 0 Å². The maximum Gasteiger partial charge on any atom is 0.344 e. The Bertz CT molecular complexity index is 851. The summed E-state index contributed by atoms with van der Waals surface area (Å²) in [6.45, 7) is 0. The van der Waals surface area contributed by atoms with Gasteiger partial charge in [0.25, 0.3) is 0 Å². The predicted molar refractivity (Wildman–Crippen MR) is 99.4 cm³/mol. The minimum atomic E-state index is -0.403. The lowest BCUT2D eigenvalue weighted by molar-refractivity contribution is -0.127. The van der Waals surface area contributed by atoms with Crippen LogP contribution < -0.4 is 9.47 Å². The van der Waals surface area contributed by atoms with E-state index in [1.807, 2.05) is 66.7 Å². The third-order valence-electron chi connectivity index (χ3n) is 3.69. The molecular formula is C22H18O3. The zero-order chi connectivity index (χ0) is 17.5. The van der Waals surface area contributed by atoms with Crippen molar-refractivity contribution in [1.82, 2.24) is 0 Å². The molecule has 0 N–H and O–H groups in total. The zero-order valence-electron chi connectivity index (χ0n) is 13.9. The van der Waals surface area contributed by atoms with E-state index in [0.29, 0.717) is 17.1 Å². The molecule has 124 valence electrons. The van der Waals surface area contributed by atoms with Crippen molar-refractivity contribution < 1.29 is 14.3 Å². The summed E-state index contributed by atoms with van der Waals surface area (Å²) in [5, 5.41) is 0. The van der Waals surface area contributed by atoms with Gasteiger partial charge in [-0.1, -0.05) is 60.7 Å². The van der Waals surface area contributed by atoms with Crippen molar-refractivity contribution in [2.24, 2.45) is 0 Å². The Kier molecular flexibility index (Phi) is 5.27. The summed E-state index contributed by atoms with van der Waals surface area (Å²) in [5.41, 5.74) is 2.25. The first kappa shape index (κ1) is 16.5. The first-order valence-corrected chi connectivity index (χ1v) is 7.94. The van der Waals surface area contributed by atoms with Crippen LogP contribution in [0, 0.1) is 0 Å².